The van der Waals surface area contributed by atoms with Gasteiger partial charge in [0.25, 0.3) is 0 Å². The molecule has 182 valence electrons. The Kier molecular flexibility index (Phi) is 11.8. The monoisotopic (exact) mass is 567 g/mol. The summed E-state index contributed by atoms with van der Waals surface area (Å²) in [4.78, 5) is 9.38. The second-order valence-corrected chi connectivity index (χ2v) is 7.88. The van der Waals surface area contributed by atoms with Gasteiger partial charge in [-0.2, -0.15) is 0 Å². The van der Waals surface area contributed by atoms with E-state index in [9.17, 15) is 0 Å². The van der Waals surface area contributed by atoms with Crippen LogP contribution in [0.15, 0.2) is 47.5 Å². The summed E-state index contributed by atoms with van der Waals surface area (Å²) in [6, 6.07) is 14.6. The smallest absolute Gasteiger partial charge is 0.195 e. The molecule has 1 aliphatic rings. The van der Waals surface area contributed by atoms with Crippen LogP contribution < -0.4 is 20.1 Å². The molecule has 1 aliphatic heterocycles. The lowest BCUT2D eigenvalue weighted by Gasteiger charge is -2.34. The van der Waals surface area contributed by atoms with E-state index in [1.54, 1.807) is 14.2 Å². The van der Waals surface area contributed by atoms with Gasteiger partial charge in [0.1, 0.15) is 0 Å². The van der Waals surface area contributed by atoms with E-state index in [0.717, 1.165) is 31.9 Å². The van der Waals surface area contributed by atoms with Crippen LogP contribution in [0.5, 0.6) is 11.5 Å². The molecule has 0 saturated carbocycles. The Morgan fingerprint density at radius 2 is 1.61 bits per heavy atom. The lowest BCUT2D eigenvalue weighted by molar-refractivity contribution is 0.132. The topological polar surface area (TPSA) is 61.4 Å². The highest BCUT2D eigenvalue weighted by Gasteiger charge is 2.15. The van der Waals surface area contributed by atoms with Crippen LogP contribution in [0.4, 0.5) is 5.69 Å². The van der Waals surface area contributed by atoms with Crippen molar-refractivity contribution in [2.45, 2.75) is 26.9 Å². The molecule has 1 saturated heterocycles. The Labute approximate surface area is 215 Å². The van der Waals surface area contributed by atoms with Crippen molar-refractivity contribution < 1.29 is 9.47 Å². The lowest BCUT2D eigenvalue weighted by atomic mass is 10.1. The van der Waals surface area contributed by atoms with Crippen molar-refractivity contribution in [3.63, 3.8) is 0 Å². The lowest BCUT2D eigenvalue weighted by Crippen LogP contribution is -2.45. The molecule has 0 unspecified atom stereocenters. The summed E-state index contributed by atoms with van der Waals surface area (Å²) in [6.07, 6.45) is 0. The molecule has 2 aromatic carbocycles. The first-order valence-corrected chi connectivity index (χ1v) is 11.5. The minimum atomic E-state index is 0. The molecule has 2 aromatic rings. The molecule has 0 atom stereocenters. The molecule has 0 amide bonds. The molecule has 0 radical (unpaired) electrons. The average Bonchev–Trinajstić information content (AvgIpc) is 2.83. The fourth-order valence-corrected chi connectivity index (χ4v) is 3.81. The number of likely N-dealkylation sites (N-methyl/N-ethyl adjacent to an activating group) is 1. The van der Waals surface area contributed by atoms with Crippen molar-refractivity contribution in [1.82, 2.24) is 15.1 Å². The molecule has 7 nitrogen and oxygen atoms in total. The Hall–Kier alpha value is -2.04. The Morgan fingerprint density at radius 3 is 2.21 bits per heavy atom. The van der Waals surface area contributed by atoms with Crippen molar-refractivity contribution in [2.24, 2.45) is 4.99 Å². The number of anilines is 1. The van der Waals surface area contributed by atoms with Crippen molar-refractivity contribution in [3.8, 4) is 11.5 Å². The number of hydrogen-bond donors (Lipinski definition) is 2. The first-order chi connectivity index (χ1) is 15.6. The van der Waals surface area contributed by atoms with Gasteiger partial charge in [-0.1, -0.05) is 31.2 Å². The highest BCUT2D eigenvalue weighted by molar-refractivity contribution is 14.0. The molecule has 8 heteroatoms. The molecular weight excluding hydrogens is 529 g/mol. The minimum absolute atomic E-state index is 0. The van der Waals surface area contributed by atoms with Crippen LogP contribution in [0.25, 0.3) is 0 Å². The number of hydrogen-bond acceptors (Lipinski definition) is 5. The SMILES string of the molecule is CCOc1cc(NC(=NC)NCc2ccc(CN3CCN(CC)CC3)cc2)ccc1OC.I. The van der Waals surface area contributed by atoms with Gasteiger partial charge in [-0.3, -0.25) is 9.89 Å². The molecule has 3 rings (SSSR count). The third kappa shape index (κ3) is 8.35. The van der Waals surface area contributed by atoms with E-state index >= 15 is 0 Å². The fraction of sp³-hybridized carbons (Fsp3) is 0.480. The molecule has 2 N–H and O–H groups in total. The molecule has 0 aromatic heterocycles. The number of rotatable bonds is 9. The maximum absolute atomic E-state index is 5.66. The second-order valence-electron chi connectivity index (χ2n) is 7.88. The summed E-state index contributed by atoms with van der Waals surface area (Å²) in [5, 5.41) is 6.69. The first-order valence-electron chi connectivity index (χ1n) is 11.5. The van der Waals surface area contributed by atoms with Crippen LogP contribution in [-0.2, 0) is 13.1 Å². The van der Waals surface area contributed by atoms with E-state index in [1.165, 1.54) is 24.2 Å². The van der Waals surface area contributed by atoms with E-state index in [0.29, 0.717) is 30.6 Å². The number of nitrogens with zero attached hydrogens (tertiary/aromatic N) is 3. The zero-order valence-corrected chi connectivity index (χ0v) is 22.6. The number of ether oxygens (including phenoxy) is 2. The van der Waals surface area contributed by atoms with Gasteiger partial charge in [0.05, 0.1) is 13.7 Å². The third-order valence-electron chi connectivity index (χ3n) is 5.75. The van der Waals surface area contributed by atoms with Gasteiger partial charge >= 0.3 is 0 Å². The van der Waals surface area contributed by atoms with Crippen molar-refractivity contribution in [2.75, 3.05) is 58.8 Å². The van der Waals surface area contributed by atoms with E-state index in [-0.39, 0.29) is 24.0 Å². The van der Waals surface area contributed by atoms with Gasteiger partial charge in [-0.15, -0.1) is 24.0 Å². The molecule has 0 bridgehead atoms. The number of halogens is 1. The second kappa shape index (κ2) is 14.3. The maximum atomic E-state index is 5.66. The quantitative estimate of drug-likeness (QED) is 0.271. The highest BCUT2D eigenvalue weighted by atomic mass is 127. The van der Waals surface area contributed by atoms with Gasteiger partial charge in [0, 0.05) is 58.1 Å². The molecule has 1 fully saturated rings. The largest absolute Gasteiger partial charge is 0.493 e. The summed E-state index contributed by atoms with van der Waals surface area (Å²) in [7, 11) is 3.41. The van der Waals surface area contributed by atoms with Crippen LogP contribution >= 0.6 is 24.0 Å². The third-order valence-corrected chi connectivity index (χ3v) is 5.75. The number of methoxy groups -OCH3 is 1. The molecule has 0 spiro atoms. The Bertz CT molecular complexity index is 868. The Morgan fingerprint density at radius 1 is 0.939 bits per heavy atom. The number of nitrogens with one attached hydrogen (secondary N) is 2. The van der Waals surface area contributed by atoms with Crippen LogP contribution in [0.2, 0.25) is 0 Å². The van der Waals surface area contributed by atoms with Gasteiger partial charge < -0.3 is 25.0 Å². The molecule has 33 heavy (non-hydrogen) atoms. The fourth-order valence-electron chi connectivity index (χ4n) is 3.81. The van der Waals surface area contributed by atoms with Gasteiger partial charge in [-0.05, 0) is 36.7 Å². The number of guanidine groups is 1. The highest BCUT2D eigenvalue weighted by Crippen LogP contribution is 2.30. The van der Waals surface area contributed by atoms with Crippen molar-refractivity contribution in [3.05, 3.63) is 53.6 Å². The predicted octanol–water partition coefficient (Wildman–Crippen LogP) is 4.04. The normalized spacial score (nSPS) is 15.0. The van der Waals surface area contributed by atoms with Crippen molar-refractivity contribution in [1.29, 1.82) is 0 Å². The molecule has 1 heterocycles. The van der Waals surface area contributed by atoms with Crippen LogP contribution in [0.3, 0.4) is 0 Å². The zero-order valence-electron chi connectivity index (χ0n) is 20.3. The standard InChI is InChI=1S/C25H37N5O2.HI/c1-5-29-13-15-30(16-14-29)19-21-9-7-20(8-10-21)18-27-25(26-3)28-22-11-12-23(31-4)24(17-22)32-6-2;/h7-12,17H,5-6,13-16,18-19H2,1-4H3,(H2,26,27,28);1H. The van der Waals surface area contributed by atoms with E-state index in [1.807, 2.05) is 25.1 Å². The van der Waals surface area contributed by atoms with Crippen LogP contribution in [0, 0.1) is 0 Å². The molecule has 0 aliphatic carbocycles. The number of piperazine rings is 1. The van der Waals surface area contributed by atoms with Crippen molar-refractivity contribution >= 4 is 35.6 Å². The summed E-state index contributed by atoms with van der Waals surface area (Å²) < 4.78 is 11.0. The summed E-state index contributed by atoms with van der Waals surface area (Å²) >= 11 is 0. The van der Waals surface area contributed by atoms with Gasteiger partial charge in [0.15, 0.2) is 17.5 Å². The van der Waals surface area contributed by atoms with E-state index in [4.69, 9.17) is 9.47 Å². The Balaban J connectivity index is 0.00000385. The van der Waals surface area contributed by atoms with Crippen LogP contribution in [0.1, 0.15) is 25.0 Å². The van der Waals surface area contributed by atoms with E-state index < -0.39 is 0 Å². The van der Waals surface area contributed by atoms with Gasteiger partial charge in [0.2, 0.25) is 0 Å². The van der Waals surface area contributed by atoms with E-state index in [2.05, 4.69) is 56.6 Å². The number of benzene rings is 2. The summed E-state index contributed by atoms with van der Waals surface area (Å²) in [6.45, 7) is 12.3. The van der Waals surface area contributed by atoms with Gasteiger partial charge in [-0.25, -0.2) is 0 Å². The molecular formula is C25H38IN5O2. The summed E-state index contributed by atoms with van der Waals surface area (Å²) in [5.74, 6) is 2.13. The summed E-state index contributed by atoms with van der Waals surface area (Å²) in [5.41, 5.74) is 3.47. The number of aliphatic imine (C=N–C) groups is 1. The van der Waals surface area contributed by atoms with Crippen LogP contribution in [-0.4, -0.2) is 69.2 Å². The maximum Gasteiger partial charge on any atom is 0.195 e. The minimum Gasteiger partial charge on any atom is -0.493 e. The zero-order chi connectivity index (χ0) is 22.8. The predicted molar refractivity (Wildman–Crippen MR) is 147 cm³/mol. The average molecular weight is 568 g/mol. The first kappa shape index (κ1) is 27.2.